The number of unbranched alkanes of at least 4 members (excludes halogenated alkanes) is 1. The summed E-state index contributed by atoms with van der Waals surface area (Å²) in [6, 6.07) is 12.7. The molecule has 1 amide bonds. The van der Waals surface area contributed by atoms with Gasteiger partial charge in [0.05, 0.1) is 44.1 Å². The van der Waals surface area contributed by atoms with E-state index in [0.717, 1.165) is 32.5 Å². The van der Waals surface area contributed by atoms with Crippen molar-refractivity contribution in [2.45, 2.75) is 32.2 Å². The Morgan fingerprint density at radius 1 is 1.03 bits per heavy atom. The molecule has 2 aromatic carbocycles. The molecule has 39 heavy (non-hydrogen) atoms. The van der Waals surface area contributed by atoms with Crippen LogP contribution < -0.4 is 4.74 Å². The Hall–Kier alpha value is -3.69. The molecule has 2 aliphatic heterocycles. The molecule has 1 atom stereocenters. The average Bonchev–Trinajstić information content (AvgIpc) is 3.22. The number of likely N-dealkylation sites (tertiary alicyclic amines) is 1. The number of hydrogen-bond donors (Lipinski definition) is 1. The van der Waals surface area contributed by atoms with Gasteiger partial charge in [-0.1, -0.05) is 37.6 Å². The van der Waals surface area contributed by atoms with Crippen LogP contribution >= 0.6 is 0 Å². The Balaban J connectivity index is 1.67. The third-order valence-electron chi connectivity index (χ3n) is 7.04. The molecule has 0 aliphatic carbocycles. The third kappa shape index (κ3) is 6.66. The van der Waals surface area contributed by atoms with Gasteiger partial charge in [-0.25, -0.2) is 4.79 Å². The number of hydrogen-bond acceptors (Lipinski definition) is 8. The minimum Gasteiger partial charge on any atom is -0.507 e. The van der Waals surface area contributed by atoms with E-state index in [2.05, 4.69) is 11.8 Å². The summed E-state index contributed by atoms with van der Waals surface area (Å²) in [4.78, 5) is 42.4. The summed E-state index contributed by atoms with van der Waals surface area (Å²) >= 11 is 0. The number of methoxy groups -OCH3 is 1. The number of benzene rings is 2. The molecule has 0 spiro atoms. The summed E-state index contributed by atoms with van der Waals surface area (Å²) in [5.74, 6) is -1.56. The quantitative estimate of drug-likeness (QED) is 0.152. The zero-order chi connectivity index (χ0) is 27.8. The van der Waals surface area contributed by atoms with Crippen LogP contribution in [0.2, 0.25) is 0 Å². The summed E-state index contributed by atoms with van der Waals surface area (Å²) in [5.41, 5.74) is 1.38. The summed E-state index contributed by atoms with van der Waals surface area (Å²) in [5, 5.41) is 11.4. The van der Waals surface area contributed by atoms with E-state index in [1.54, 1.807) is 48.5 Å². The molecule has 9 heteroatoms. The third-order valence-corrected chi connectivity index (χ3v) is 7.04. The smallest absolute Gasteiger partial charge is 0.337 e. The molecule has 1 N–H and O–H groups in total. The normalized spacial score (nSPS) is 19.3. The van der Waals surface area contributed by atoms with Crippen LogP contribution in [-0.2, 0) is 19.1 Å². The van der Waals surface area contributed by atoms with Gasteiger partial charge in [0.15, 0.2) is 0 Å². The van der Waals surface area contributed by atoms with Gasteiger partial charge in [-0.2, -0.15) is 0 Å². The van der Waals surface area contributed by atoms with Gasteiger partial charge in [0, 0.05) is 31.7 Å². The first-order valence-corrected chi connectivity index (χ1v) is 13.4. The van der Waals surface area contributed by atoms with Gasteiger partial charge < -0.3 is 24.2 Å². The second kappa shape index (κ2) is 13.4. The first kappa shape index (κ1) is 28.3. The number of morpholine rings is 1. The summed E-state index contributed by atoms with van der Waals surface area (Å²) in [6.07, 6.45) is 2.54. The van der Waals surface area contributed by atoms with Crippen molar-refractivity contribution in [3.05, 3.63) is 70.8 Å². The number of carbonyl (C=O) groups excluding carboxylic acids is 3. The van der Waals surface area contributed by atoms with E-state index in [1.807, 2.05) is 0 Å². The molecular formula is C30H36N2O7. The predicted octanol–water partition coefficient (Wildman–Crippen LogP) is 3.80. The van der Waals surface area contributed by atoms with Crippen molar-refractivity contribution in [2.75, 3.05) is 53.1 Å². The Morgan fingerprint density at radius 3 is 2.46 bits per heavy atom. The number of Topliss-reactive ketones (excluding diaryl/α,β-unsaturated/α-hetero) is 1. The molecule has 2 heterocycles. The molecule has 2 aromatic rings. The molecule has 2 aliphatic rings. The fraction of sp³-hybridized carbons (Fsp3) is 0.433. The van der Waals surface area contributed by atoms with Crippen molar-refractivity contribution in [3.8, 4) is 5.75 Å². The molecule has 0 bridgehead atoms. The number of aliphatic hydroxyl groups excluding tert-OH is 1. The standard InChI is InChI=1S/C30H36N2O7/c1-3-4-17-39-24-8-5-7-23(20-24)27(33)25-26(21-9-11-22(12-10-21)30(36)37-2)32(29(35)28(25)34)14-6-13-31-15-18-38-19-16-31/h5,7-12,20,26,33H,3-4,6,13-19H2,1-2H3. The zero-order valence-corrected chi connectivity index (χ0v) is 22.6. The van der Waals surface area contributed by atoms with Crippen LogP contribution in [0.5, 0.6) is 5.75 Å². The van der Waals surface area contributed by atoms with Crippen LogP contribution in [0, 0.1) is 0 Å². The number of esters is 1. The highest BCUT2D eigenvalue weighted by Crippen LogP contribution is 2.40. The van der Waals surface area contributed by atoms with Gasteiger partial charge in [-0.3, -0.25) is 14.5 Å². The van der Waals surface area contributed by atoms with Gasteiger partial charge in [-0.05, 0) is 42.7 Å². The molecule has 0 saturated carbocycles. The average molecular weight is 537 g/mol. The Morgan fingerprint density at radius 2 is 1.77 bits per heavy atom. The van der Waals surface area contributed by atoms with E-state index in [0.29, 0.717) is 55.2 Å². The van der Waals surface area contributed by atoms with Crippen LogP contribution in [0.1, 0.15) is 53.7 Å². The number of rotatable bonds is 11. The second-order valence-corrected chi connectivity index (χ2v) is 9.64. The van der Waals surface area contributed by atoms with Crippen LogP contribution in [0.15, 0.2) is 54.1 Å². The lowest BCUT2D eigenvalue weighted by Gasteiger charge is -2.29. The summed E-state index contributed by atoms with van der Waals surface area (Å²) in [7, 11) is 1.31. The highest BCUT2D eigenvalue weighted by atomic mass is 16.5. The van der Waals surface area contributed by atoms with E-state index in [1.165, 1.54) is 12.0 Å². The number of amides is 1. The van der Waals surface area contributed by atoms with E-state index >= 15 is 0 Å². The van der Waals surface area contributed by atoms with E-state index in [4.69, 9.17) is 14.2 Å². The van der Waals surface area contributed by atoms with Crippen molar-refractivity contribution in [1.82, 2.24) is 9.80 Å². The summed E-state index contributed by atoms with van der Waals surface area (Å²) < 4.78 is 16.0. The Kier molecular flexibility index (Phi) is 9.73. The van der Waals surface area contributed by atoms with Crippen molar-refractivity contribution in [1.29, 1.82) is 0 Å². The number of carbonyl (C=O) groups is 3. The fourth-order valence-electron chi connectivity index (χ4n) is 4.89. The Labute approximate surface area is 228 Å². The van der Waals surface area contributed by atoms with Gasteiger partial charge in [0.1, 0.15) is 11.5 Å². The van der Waals surface area contributed by atoms with Gasteiger partial charge >= 0.3 is 5.97 Å². The molecule has 208 valence electrons. The fourth-order valence-corrected chi connectivity index (χ4v) is 4.89. The van der Waals surface area contributed by atoms with Crippen molar-refractivity contribution < 1.29 is 33.7 Å². The van der Waals surface area contributed by atoms with Crippen molar-refractivity contribution in [3.63, 3.8) is 0 Å². The molecule has 4 rings (SSSR count). The number of aliphatic hydroxyl groups is 1. The minimum atomic E-state index is -0.800. The maximum Gasteiger partial charge on any atom is 0.337 e. The summed E-state index contributed by atoms with van der Waals surface area (Å²) in [6.45, 7) is 6.72. The number of ether oxygens (including phenoxy) is 3. The number of ketones is 1. The molecule has 2 fully saturated rings. The predicted molar refractivity (Wildman–Crippen MR) is 146 cm³/mol. The lowest BCUT2D eigenvalue weighted by Crippen LogP contribution is -2.39. The van der Waals surface area contributed by atoms with E-state index < -0.39 is 23.7 Å². The second-order valence-electron chi connectivity index (χ2n) is 9.64. The molecule has 1 unspecified atom stereocenters. The lowest BCUT2D eigenvalue weighted by atomic mass is 9.94. The molecular weight excluding hydrogens is 500 g/mol. The minimum absolute atomic E-state index is 0.0166. The first-order chi connectivity index (χ1) is 18.9. The van der Waals surface area contributed by atoms with E-state index in [9.17, 15) is 19.5 Å². The molecule has 0 aromatic heterocycles. The largest absolute Gasteiger partial charge is 0.507 e. The van der Waals surface area contributed by atoms with Gasteiger partial charge in [0.25, 0.3) is 11.7 Å². The topological polar surface area (TPSA) is 106 Å². The van der Waals surface area contributed by atoms with Crippen LogP contribution in [0.4, 0.5) is 0 Å². The van der Waals surface area contributed by atoms with Crippen LogP contribution in [0.3, 0.4) is 0 Å². The maximum absolute atomic E-state index is 13.4. The zero-order valence-electron chi connectivity index (χ0n) is 22.6. The van der Waals surface area contributed by atoms with Gasteiger partial charge in [0.2, 0.25) is 0 Å². The van der Waals surface area contributed by atoms with Crippen LogP contribution in [-0.4, -0.2) is 85.7 Å². The van der Waals surface area contributed by atoms with Gasteiger partial charge in [-0.15, -0.1) is 0 Å². The first-order valence-electron chi connectivity index (χ1n) is 13.4. The van der Waals surface area contributed by atoms with Crippen LogP contribution in [0.25, 0.3) is 5.76 Å². The number of nitrogens with zero attached hydrogens (tertiary/aromatic N) is 2. The molecule has 2 saturated heterocycles. The highest BCUT2D eigenvalue weighted by molar-refractivity contribution is 6.46. The van der Waals surface area contributed by atoms with E-state index in [-0.39, 0.29) is 11.3 Å². The molecule has 9 nitrogen and oxygen atoms in total. The lowest BCUT2D eigenvalue weighted by molar-refractivity contribution is -0.140. The monoisotopic (exact) mass is 536 g/mol. The van der Waals surface area contributed by atoms with Crippen molar-refractivity contribution >= 4 is 23.4 Å². The Bertz CT molecular complexity index is 1200. The SMILES string of the molecule is CCCCOc1cccc(C(O)=C2C(=O)C(=O)N(CCCN3CCOCC3)C2c2ccc(C(=O)OC)cc2)c1. The highest BCUT2D eigenvalue weighted by Gasteiger charge is 2.45. The molecule has 0 radical (unpaired) electrons. The van der Waals surface area contributed by atoms with Crippen molar-refractivity contribution in [2.24, 2.45) is 0 Å². The maximum atomic E-state index is 13.4.